The van der Waals surface area contributed by atoms with Crippen molar-refractivity contribution in [3.05, 3.63) is 70.2 Å². The Kier molecular flexibility index (Phi) is 6.77. The minimum Gasteiger partial charge on any atom is -0.394 e. The topological polar surface area (TPSA) is 76.4 Å². The van der Waals surface area contributed by atoms with E-state index < -0.39 is 12.1 Å². The lowest BCUT2D eigenvalue weighted by molar-refractivity contribution is 0.0169. The van der Waals surface area contributed by atoms with Gasteiger partial charge >= 0.3 is 6.03 Å². The molecule has 3 atom stereocenters. The highest BCUT2D eigenvalue weighted by Gasteiger charge is 2.51. The van der Waals surface area contributed by atoms with E-state index >= 15 is 0 Å². The highest BCUT2D eigenvalue weighted by atomic mass is 35.5. The second-order valence-corrected chi connectivity index (χ2v) is 7.31. The van der Waals surface area contributed by atoms with Gasteiger partial charge in [0.1, 0.15) is 6.04 Å². The van der Waals surface area contributed by atoms with Crippen LogP contribution in [0.4, 0.5) is 4.79 Å². The summed E-state index contributed by atoms with van der Waals surface area (Å²) in [7, 11) is 0. The monoisotopic (exact) mass is 407 g/mol. The van der Waals surface area contributed by atoms with Crippen molar-refractivity contribution in [1.82, 2.24) is 10.2 Å². The Labute approximate surface area is 175 Å². The van der Waals surface area contributed by atoms with Crippen LogP contribution in [0.5, 0.6) is 0 Å². The number of urea groups is 1. The predicted molar refractivity (Wildman–Crippen MR) is 112 cm³/mol. The van der Waals surface area contributed by atoms with Gasteiger partial charge in [0.15, 0.2) is 0 Å². The number of nitrogens with zero attached hydrogens (tertiary/aromatic N) is 2. The molecule has 148 valence electrons. The largest absolute Gasteiger partial charge is 0.394 e. The van der Waals surface area contributed by atoms with Crippen molar-refractivity contribution in [3.63, 3.8) is 0 Å². The maximum atomic E-state index is 12.3. The zero-order valence-electron chi connectivity index (χ0n) is 16.1. The van der Waals surface area contributed by atoms with Gasteiger partial charge < -0.3 is 15.3 Å². The highest BCUT2D eigenvalue weighted by Crippen LogP contribution is 2.40. The minimum atomic E-state index is -0.604. The lowest BCUT2D eigenvalue weighted by Crippen LogP contribution is -2.67. The molecule has 0 spiro atoms. The van der Waals surface area contributed by atoms with Crippen LogP contribution >= 0.6 is 11.6 Å². The van der Waals surface area contributed by atoms with E-state index in [2.05, 4.69) is 23.2 Å². The van der Waals surface area contributed by atoms with Gasteiger partial charge in [-0.05, 0) is 42.3 Å². The number of aliphatic hydroxyl groups is 1. The zero-order chi connectivity index (χ0) is 20.8. The molecule has 1 heterocycles. The van der Waals surface area contributed by atoms with Crippen molar-refractivity contribution in [3.8, 4) is 17.9 Å². The number of halogens is 1. The number of likely N-dealkylation sites (tertiary alicyclic amines) is 1. The van der Waals surface area contributed by atoms with Crippen LogP contribution in [0.25, 0.3) is 0 Å². The fraction of sp³-hybridized carbons (Fsp3) is 0.304. The molecule has 0 saturated carbocycles. The van der Waals surface area contributed by atoms with Crippen LogP contribution in [-0.2, 0) is 0 Å². The quantitative estimate of drug-likeness (QED) is 0.761. The summed E-state index contributed by atoms with van der Waals surface area (Å²) in [5, 5.41) is 22.8. The SMILES string of the molecule is CCCNC(=O)N1[C@H](C#N)[C@H](c2ccc(C#Cc3cccc(Cl)c3)cc2)[C@H]1CO. The molecule has 2 aromatic carbocycles. The third-order valence-corrected chi connectivity index (χ3v) is 5.20. The van der Waals surface area contributed by atoms with Gasteiger partial charge in [0.25, 0.3) is 0 Å². The van der Waals surface area contributed by atoms with E-state index in [-0.39, 0.29) is 18.6 Å². The summed E-state index contributed by atoms with van der Waals surface area (Å²) < 4.78 is 0. The van der Waals surface area contributed by atoms with Crippen LogP contribution in [0.3, 0.4) is 0 Å². The van der Waals surface area contributed by atoms with Gasteiger partial charge in [0.05, 0.1) is 18.7 Å². The molecule has 0 radical (unpaired) electrons. The Morgan fingerprint density at radius 2 is 1.93 bits per heavy atom. The van der Waals surface area contributed by atoms with Crippen molar-refractivity contribution in [2.24, 2.45) is 0 Å². The first kappa shape index (κ1) is 20.7. The van der Waals surface area contributed by atoms with Crippen LogP contribution < -0.4 is 5.32 Å². The van der Waals surface area contributed by atoms with E-state index in [0.29, 0.717) is 11.6 Å². The number of rotatable bonds is 4. The summed E-state index contributed by atoms with van der Waals surface area (Å²) >= 11 is 5.97. The first-order valence-corrected chi connectivity index (χ1v) is 9.91. The summed E-state index contributed by atoms with van der Waals surface area (Å²) in [6, 6.07) is 15.8. The molecule has 5 nitrogen and oxygen atoms in total. The Morgan fingerprint density at radius 1 is 1.21 bits per heavy atom. The summed E-state index contributed by atoms with van der Waals surface area (Å²) in [6.07, 6.45) is 0.807. The van der Waals surface area contributed by atoms with Crippen LogP contribution in [0, 0.1) is 23.2 Å². The molecule has 2 amide bonds. The minimum absolute atomic E-state index is 0.196. The summed E-state index contributed by atoms with van der Waals surface area (Å²) in [6.45, 7) is 2.30. The number of carbonyl (C=O) groups excluding carboxylic acids is 1. The molecule has 0 bridgehead atoms. The Morgan fingerprint density at radius 3 is 2.55 bits per heavy atom. The Bertz CT molecular complexity index is 972. The van der Waals surface area contributed by atoms with Crippen molar-refractivity contribution >= 4 is 17.6 Å². The van der Waals surface area contributed by atoms with Crippen LogP contribution in [0.2, 0.25) is 5.02 Å². The van der Waals surface area contributed by atoms with Crippen molar-refractivity contribution < 1.29 is 9.90 Å². The fourth-order valence-electron chi connectivity index (χ4n) is 3.51. The van der Waals surface area contributed by atoms with Crippen LogP contribution in [0.15, 0.2) is 48.5 Å². The molecular formula is C23H22ClN3O2. The first-order chi connectivity index (χ1) is 14.1. The average Bonchev–Trinajstić information content (AvgIpc) is 2.71. The summed E-state index contributed by atoms with van der Waals surface area (Å²) in [5.74, 6) is 5.94. The smallest absolute Gasteiger partial charge is 0.318 e. The number of hydrogen-bond acceptors (Lipinski definition) is 3. The molecule has 1 aliphatic heterocycles. The number of carbonyl (C=O) groups is 1. The average molecular weight is 408 g/mol. The third-order valence-electron chi connectivity index (χ3n) is 4.96. The maximum Gasteiger partial charge on any atom is 0.318 e. The third kappa shape index (κ3) is 4.54. The highest BCUT2D eigenvalue weighted by molar-refractivity contribution is 6.30. The van der Waals surface area contributed by atoms with E-state index in [1.807, 2.05) is 43.3 Å². The molecular weight excluding hydrogens is 386 g/mol. The van der Waals surface area contributed by atoms with E-state index in [4.69, 9.17) is 11.6 Å². The number of hydrogen-bond donors (Lipinski definition) is 2. The van der Waals surface area contributed by atoms with Gasteiger partial charge in [-0.15, -0.1) is 0 Å². The Balaban J connectivity index is 1.75. The predicted octanol–water partition coefficient (Wildman–Crippen LogP) is 3.51. The molecule has 0 aromatic heterocycles. The molecule has 6 heteroatoms. The normalized spacial score (nSPS) is 20.1. The lowest BCUT2D eigenvalue weighted by Gasteiger charge is -2.51. The van der Waals surface area contributed by atoms with E-state index in [1.54, 1.807) is 12.1 Å². The lowest BCUT2D eigenvalue weighted by atomic mass is 9.76. The fourth-order valence-corrected chi connectivity index (χ4v) is 3.70. The number of nitrogens with one attached hydrogen (secondary N) is 1. The molecule has 1 saturated heterocycles. The van der Waals surface area contributed by atoms with Crippen molar-refractivity contribution in [2.45, 2.75) is 31.3 Å². The number of amides is 2. The van der Waals surface area contributed by atoms with E-state index in [1.165, 1.54) is 4.90 Å². The van der Waals surface area contributed by atoms with Crippen LogP contribution in [-0.4, -0.2) is 41.3 Å². The van der Waals surface area contributed by atoms with Gasteiger partial charge in [-0.3, -0.25) is 0 Å². The second kappa shape index (κ2) is 9.47. The Hall–Kier alpha value is -2.99. The molecule has 0 unspecified atom stereocenters. The standard InChI is InChI=1S/C23H22ClN3O2/c1-2-12-26-23(29)27-20(14-25)22(21(27)15-28)18-10-8-16(9-11-18)6-7-17-4-3-5-19(24)13-17/h3-5,8-11,13,20-22,28H,2,12,15H2,1H3,(H,26,29)/t20-,21-,22+/m1/s1. The van der Waals surface area contributed by atoms with Gasteiger partial charge in [0.2, 0.25) is 0 Å². The second-order valence-electron chi connectivity index (χ2n) is 6.87. The van der Waals surface area contributed by atoms with Gasteiger partial charge in [-0.2, -0.15) is 5.26 Å². The van der Waals surface area contributed by atoms with Crippen molar-refractivity contribution in [1.29, 1.82) is 5.26 Å². The van der Waals surface area contributed by atoms with Gasteiger partial charge in [-0.1, -0.05) is 48.6 Å². The molecule has 2 aromatic rings. The molecule has 2 N–H and O–H groups in total. The van der Waals surface area contributed by atoms with Crippen molar-refractivity contribution in [2.75, 3.05) is 13.2 Å². The first-order valence-electron chi connectivity index (χ1n) is 9.53. The zero-order valence-corrected chi connectivity index (χ0v) is 16.9. The number of aliphatic hydroxyl groups excluding tert-OH is 1. The maximum absolute atomic E-state index is 12.3. The number of benzene rings is 2. The molecule has 29 heavy (non-hydrogen) atoms. The summed E-state index contributed by atoms with van der Waals surface area (Å²) in [4.78, 5) is 13.8. The number of nitriles is 1. The van der Waals surface area contributed by atoms with Gasteiger partial charge in [0, 0.05) is 28.6 Å². The van der Waals surface area contributed by atoms with E-state index in [0.717, 1.165) is 23.1 Å². The van der Waals surface area contributed by atoms with Crippen LogP contribution in [0.1, 0.15) is 36.0 Å². The molecule has 1 aliphatic rings. The molecule has 0 aliphatic carbocycles. The van der Waals surface area contributed by atoms with E-state index in [9.17, 15) is 15.2 Å². The summed E-state index contributed by atoms with van der Waals surface area (Å²) in [5.41, 5.74) is 2.57. The van der Waals surface area contributed by atoms with Gasteiger partial charge in [-0.25, -0.2) is 4.79 Å². The molecule has 1 fully saturated rings. The molecule has 3 rings (SSSR count).